The topological polar surface area (TPSA) is 46.5 Å². The Labute approximate surface area is 176 Å². The number of nitrogens with one attached hydrogen (secondary N) is 1. The van der Waals surface area contributed by atoms with E-state index in [1.54, 1.807) is 24.4 Å². The molecule has 0 spiro atoms. The Bertz CT molecular complexity index is 1350. The standard InChI is InChI=1S/C24H16FN3OS/c25-19-9-3-5-11-22(19)29-21-14-13-16-7-1-2-8-17(16)18(21)15-26-28-24-27-20-10-4-6-12-23(20)30-24/h1-15H,(H,27,28)/b26-15+. The van der Waals surface area contributed by atoms with E-state index < -0.39 is 5.82 Å². The molecule has 0 bridgehead atoms. The molecule has 1 aromatic heterocycles. The van der Waals surface area contributed by atoms with Crippen LogP contribution in [0, 0.1) is 5.82 Å². The first-order chi connectivity index (χ1) is 14.8. The highest BCUT2D eigenvalue weighted by atomic mass is 32.1. The minimum absolute atomic E-state index is 0.168. The van der Waals surface area contributed by atoms with Crippen LogP contribution in [0.2, 0.25) is 0 Å². The van der Waals surface area contributed by atoms with Crippen LogP contribution in [0.3, 0.4) is 0 Å². The molecule has 0 aliphatic rings. The average molecular weight is 413 g/mol. The van der Waals surface area contributed by atoms with Crippen molar-refractivity contribution in [3.63, 3.8) is 0 Å². The van der Waals surface area contributed by atoms with E-state index in [0.29, 0.717) is 10.9 Å². The smallest absolute Gasteiger partial charge is 0.204 e. The third-order valence-electron chi connectivity index (χ3n) is 4.63. The van der Waals surface area contributed by atoms with Crippen LogP contribution in [0.5, 0.6) is 11.5 Å². The van der Waals surface area contributed by atoms with Crippen LogP contribution in [-0.4, -0.2) is 11.2 Å². The number of benzene rings is 4. The lowest BCUT2D eigenvalue weighted by molar-refractivity contribution is 0.442. The van der Waals surface area contributed by atoms with Gasteiger partial charge >= 0.3 is 0 Å². The molecule has 0 atom stereocenters. The summed E-state index contributed by atoms with van der Waals surface area (Å²) >= 11 is 1.53. The number of thiazole rings is 1. The molecule has 0 aliphatic heterocycles. The molecule has 0 saturated carbocycles. The summed E-state index contributed by atoms with van der Waals surface area (Å²) in [7, 11) is 0. The minimum Gasteiger partial charge on any atom is -0.454 e. The van der Waals surface area contributed by atoms with E-state index in [2.05, 4.69) is 15.5 Å². The van der Waals surface area contributed by atoms with Gasteiger partial charge in [0.1, 0.15) is 5.75 Å². The first kappa shape index (κ1) is 18.3. The number of hydrogen-bond acceptors (Lipinski definition) is 5. The summed E-state index contributed by atoms with van der Waals surface area (Å²) in [5, 5.41) is 7.08. The van der Waals surface area contributed by atoms with Gasteiger partial charge in [0.05, 0.1) is 16.4 Å². The van der Waals surface area contributed by atoms with Gasteiger partial charge in [-0.1, -0.05) is 65.9 Å². The molecular formula is C24H16FN3OS. The van der Waals surface area contributed by atoms with Crippen molar-refractivity contribution in [1.82, 2.24) is 4.98 Å². The molecule has 0 saturated heterocycles. The summed E-state index contributed by atoms with van der Waals surface area (Å²) in [5.41, 5.74) is 4.68. The first-order valence-corrected chi connectivity index (χ1v) is 10.2. The predicted molar refractivity (Wildman–Crippen MR) is 121 cm³/mol. The quantitative estimate of drug-likeness (QED) is 0.254. The van der Waals surface area contributed by atoms with Crippen LogP contribution < -0.4 is 10.2 Å². The number of para-hydroxylation sites is 2. The molecule has 0 unspecified atom stereocenters. The fraction of sp³-hybridized carbons (Fsp3) is 0. The molecule has 5 rings (SSSR count). The Morgan fingerprint density at radius 1 is 0.867 bits per heavy atom. The number of hydrazone groups is 1. The highest BCUT2D eigenvalue weighted by molar-refractivity contribution is 7.22. The molecule has 4 nitrogen and oxygen atoms in total. The van der Waals surface area contributed by atoms with E-state index in [-0.39, 0.29) is 5.75 Å². The Kier molecular flexibility index (Phi) is 4.83. The zero-order valence-electron chi connectivity index (χ0n) is 15.7. The highest BCUT2D eigenvalue weighted by Gasteiger charge is 2.11. The van der Waals surface area contributed by atoms with E-state index in [1.807, 2.05) is 60.7 Å². The SMILES string of the molecule is Fc1ccccc1Oc1ccc2ccccc2c1/C=N/Nc1nc2ccccc2s1. The molecule has 0 radical (unpaired) electrons. The van der Waals surface area contributed by atoms with Crippen molar-refractivity contribution in [1.29, 1.82) is 0 Å². The van der Waals surface area contributed by atoms with Crippen LogP contribution in [0.4, 0.5) is 9.52 Å². The number of rotatable bonds is 5. The summed E-state index contributed by atoms with van der Waals surface area (Å²) in [4.78, 5) is 4.52. The summed E-state index contributed by atoms with van der Waals surface area (Å²) in [6.07, 6.45) is 1.69. The molecule has 5 aromatic rings. The van der Waals surface area contributed by atoms with Gasteiger partial charge in [-0.05, 0) is 41.1 Å². The molecule has 1 heterocycles. The Morgan fingerprint density at radius 2 is 1.67 bits per heavy atom. The van der Waals surface area contributed by atoms with Crippen molar-refractivity contribution in [2.75, 3.05) is 5.43 Å². The molecule has 0 fully saturated rings. The third-order valence-corrected chi connectivity index (χ3v) is 5.58. The number of hydrogen-bond donors (Lipinski definition) is 1. The first-order valence-electron chi connectivity index (χ1n) is 9.37. The molecule has 6 heteroatoms. The van der Waals surface area contributed by atoms with E-state index in [0.717, 1.165) is 26.6 Å². The van der Waals surface area contributed by atoms with Gasteiger partial charge in [0, 0.05) is 5.56 Å². The maximum Gasteiger partial charge on any atom is 0.204 e. The Balaban J connectivity index is 1.50. The zero-order chi connectivity index (χ0) is 20.3. The second kappa shape index (κ2) is 7.93. The molecule has 30 heavy (non-hydrogen) atoms. The fourth-order valence-electron chi connectivity index (χ4n) is 3.22. The van der Waals surface area contributed by atoms with Crippen molar-refractivity contribution in [2.45, 2.75) is 0 Å². The monoisotopic (exact) mass is 413 g/mol. The Hall–Kier alpha value is -3.77. The van der Waals surface area contributed by atoms with Crippen LogP contribution in [0.1, 0.15) is 5.56 Å². The third kappa shape index (κ3) is 3.60. The van der Waals surface area contributed by atoms with Crippen molar-refractivity contribution >= 4 is 43.7 Å². The van der Waals surface area contributed by atoms with Gasteiger partial charge < -0.3 is 4.74 Å². The lowest BCUT2D eigenvalue weighted by Gasteiger charge is -2.12. The number of nitrogens with zero attached hydrogens (tertiary/aromatic N) is 2. The van der Waals surface area contributed by atoms with Crippen molar-refractivity contribution < 1.29 is 9.13 Å². The van der Waals surface area contributed by atoms with Crippen molar-refractivity contribution in [3.8, 4) is 11.5 Å². The van der Waals surface area contributed by atoms with Gasteiger partial charge in [0.15, 0.2) is 11.6 Å². The van der Waals surface area contributed by atoms with Crippen LogP contribution in [-0.2, 0) is 0 Å². The predicted octanol–water partition coefficient (Wildman–Crippen LogP) is 6.83. The number of halogens is 1. The number of anilines is 1. The van der Waals surface area contributed by atoms with Gasteiger partial charge in [0.25, 0.3) is 0 Å². The lowest BCUT2D eigenvalue weighted by atomic mass is 10.0. The molecule has 0 aliphatic carbocycles. The number of ether oxygens (including phenoxy) is 1. The fourth-order valence-corrected chi connectivity index (χ4v) is 4.03. The van der Waals surface area contributed by atoms with Crippen LogP contribution >= 0.6 is 11.3 Å². The molecule has 146 valence electrons. The van der Waals surface area contributed by atoms with Gasteiger partial charge in [0.2, 0.25) is 5.13 Å². The Morgan fingerprint density at radius 3 is 2.57 bits per heavy atom. The van der Waals surface area contributed by atoms with E-state index >= 15 is 0 Å². The second-order valence-electron chi connectivity index (χ2n) is 6.59. The molecule has 1 N–H and O–H groups in total. The maximum atomic E-state index is 14.1. The van der Waals surface area contributed by atoms with E-state index in [4.69, 9.17) is 4.74 Å². The highest BCUT2D eigenvalue weighted by Crippen LogP contribution is 2.32. The normalized spacial score (nSPS) is 11.4. The van der Waals surface area contributed by atoms with Gasteiger partial charge in [-0.25, -0.2) is 9.37 Å². The minimum atomic E-state index is -0.416. The zero-order valence-corrected chi connectivity index (χ0v) is 16.6. The maximum absolute atomic E-state index is 14.1. The van der Waals surface area contributed by atoms with Crippen LogP contribution in [0.25, 0.3) is 21.0 Å². The van der Waals surface area contributed by atoms with Crippen LogP contribution in [0.15, 0.2) is 90.0 Å². The van der Waals surface area contributed by atoms with E-state index in [9.17, 15) is 4.39 Å². The summed E-state index contributed by atoms with van der Waals surface area (Å²) in [6, 6.07) is 26.0. The van der Waals surface area contributed by atoms with Crippen molar-refractivity contribution in [3.05, 3.63) is 96.3 Å². The van der Waals surface area contributed by atoms with Gasteiger partial charge in [-0.15, -0.1) is 0 Å². The largest absolute Gasteiger partial charge is 0.454 e. The van der Waals surface area contributed by atoms with Gasteiger partial charge in [-0.3, -0.25) is 5.43 Å². The van der Waals surface area contributed by atoms with E-state index in [1.165, 1.54) is 17.4 Å². The summed E-state index contributed by atoms with van der Waals surface area (Å²) < 4.78 is 21.1. The lowest BCUT2D eigenvalue weighted by Crippen LogP contribution is -1.96. The molecular weight excluding hydrogens is 397 g/mol. The van der Waals surface area contributed by atoms with Gasteiger partial charge in [-0.2, -0.15) is 5.10 Å². The summed E-state index contributed by atoms with van der Waals surface area (Å²) in [6.45, 7) is 0. The summed E-state index contributed by atoms with van der Waals surface area (Å²) in [5.74, 6) is 0.274. The average Bonchev–Trinajstić information content (AvgIpc) is 3.19. The second-order valence-corrected chi connectivity index (χ2v) is 7.62. The molecule has 0 amide bonds. The van der Waals surface area contributed by atoms with Crippen molar-refractivity contribution in [2.24, 2.45) is 5.10 Å². The number of aromatic nitrogens is 1. The number of fused-ring (bicyclic) bond motifs is 2. The molecule has 4 aromatic carbocycles.